The summed E-state index contributed by atoms with van der Waals surface area (Å²) in [7, 11) is -0.931. The highest BCUT2D eigenvalue weighted by molar-refractivity contribution is 8.00. The van der Waals surface area contributed by atoms with E-state index in [-0.39, 0.29) is 0 Å². The fraction of sp³-hybridized carbons (Fsp3) is 0.789. The summed E-state index contributed by atoms with van der Waals surface area (Å²) in [6, 6.07) is 0. The van der Waals surface area contributed by atoms with E-state index in [1.54, 1.807) is 17.4 Å². The molecular weight excluding hydrogens is 336 g/mol. The van der Waals surface area contributed by atoms with Crippen LogP contribution in [-0.4, -0.2) is 28.1 Å². The van der Waals surface area contributed by atoms with Gasteiger partial charge in [0.25, 0.3) is 0 Å². The highest BCUT2D eigenvalue weighted by Gasteiger charge is 2.17. The molecule has 0 aromatic carbocycles. The lowest BCUT2D eigenvalue weighted by Crippen LogP contribution is -2.33. The van der Waals surface area contributed by atoms with E-state index in [0.29, 0.717) is 0 Å². The molecule has 0 aromatic heterocycles. The van der Waals surface area contributed by atoms with Gasteiger partial charge in [0.1, 0.15) is 11.0 Å². The van der Waals surface area contributed by atoms with Gasteiger partial charge in [0, 0.05) is 25.0 Å². The predicted molar refractivity (Wildman–Crippen MR) is 118 cm³/mol. The first-order chi connectivity index (χ1) is 11.7. The number of nitrogens with one attached hydrogen (secondary N) is 1. The first-order valence-electron chi connectivity index (χ1n) is 9.43. The van der Waals surface area contributed by atoms with Crippen molar-refractivity contribution in [3.05, 3.63) is 24.0 Å². The Hall–Kier alpha value is -0.100. The second-order valence-electron chi connectivity index (χ2n) is 4.23. The van der Waals surface area contributed by atoms with Crippen molar-refractivity contribution in [2.75, 3.05) is 19.6 Å². The summed E-state index contributed by atoms with van der Waals surface area (Å²) in [5.74, 6) is 0.799. The molecule has 0 amide bonds. The average Bonchev–Trinajstić information content (AvgIpc) is 2.67. The van der Waals surface area contributed by atoms with Crippen molar-refractivity contribution in [1.29, 1.82) is 0 Å². The molecule has 0 saturated carbocycles. The lowest BCUT2D eigenvalue weighted by molar-refractivity contribution is 0.301. The van der Waals surface area contributed by atoms with Crippen molar-refractivity contribution in [2.45, 2.75) is 74.7 Å². The van der Waals surface area contributed by atoms with Gasteiger partial charge in [0.05, 0.1) is 0 Å². The van der Waals surface area contributed by atoms with Crippen LogP contribution in [-0.2, 0) is 11.0 Å². The van der Waals surface area contributed by atoms with Crippen LogP contribution < -0.4 is 4.72 Å². The van der Waals surface area contributed by atoms with Gasteiger partial charge in [0.15, 0.2) is 0 Å². The molecule has 0 bridgehead atoms. The summed E-state index contributed by atoms with van der Waals surface area (Å²) in [6.07, 6.45) is 3.51. The van der Waals surface area contributed by atoms with Gasteiger partial charge < -0.3 is 0 Å². The first kappa shape index (κ1) is 31.6. The third-order valence-electron chi connectivity index (χ3n) is 2.66. The predicted octanol–water partition coefficient (Wildman–Crippen LogP) is 6.38. The van der Waals surface area contributed by atoms with Crippen LogP contribution >= 0.6 is 11.9 Å². The Labute approximate surface area is 160 Å². The van der Waals surface area contributed by atoms with E-state index >= 15 is 0 Å². The van der Waals surface area contributed by atoms with E-state index < -0.39 is 11.0 Å². The van der Waals surface area contributed by atoms with E-state index in [1.165, 1.54) is 24.7 Å². The minimum absolute atomic E-state index is 0.799. The molecule has 3 nitrogen and oxygen atoms in total. The molecule has 1 aliphatic rings. The molecule has 0 radical (unpaired) electrons. The summed E-state index contributed by atoms with van der Waals surface area (Å²) in [4.78, 5) is 0. The quantitative estimate of drug-likeness (QED) is 0.428. The van der Waals surface area contributed by atoms with Crippen molar-refractivity contribution in [2.24, 2.45) is 5.92 Å². The zero-order chi connectivity index (χ0) is 19.8. The monoisotopic (exact) mass is 380 g/mol. The molecule has 1 fully saturated rings. The molecule has 148 valence electrons. The molecule has 1 saturated heterocycles. The smallest absolute Gasteiger partial charge is 0.119 e. The van der Waals surface area contributed by atoms with Crippen LogP contribution in [0.3, 0.4) is 0 Å². The zero-order valence-corrected chi connectivity index (χ0v) is 19.2. The molecule has 1 aliphatic heterocycles. The van der Waals surface area contributed by atoms with Gasteiger partial charge >= 0.3 is 0 Å². The van der Waals surface area contributed by atoms with Gasteiger partial charge in [-0.3, -0.25) is 4.72 Å². The Bertz CT molecular complexity index is 254. The molecule has 24 heavy (non-hydrogen) atoms. The Balaban J connectivity index is -0.000000134. The molecule has 1 unspecified atom stereocenters. The van der Waals surface area contributed by atoms with Gasteiger partial charge in [-0.2, -0.15) is 0 Å². The number of piperidine rings is 1. The second kappa shape index (κ2) is 30.7. The molecule has 1 rings (SSSR count). The molecule has 5 heteroatoms. The fourth-order valence-corrected chi connectivity index (χ4v) is 2.71. The maximum absolute atomic E-state index is 11.2. The number of hydrogen-bond acceptors (Lipinski definition) is 3. The van der Waals surface area contributed by atoms with Crippen molar-refractivity contribution in [1.82, 2.24) is 9.03 Å². The highest BCUT2D eigenvalue weighted by atomic mass is 32.2. The summed E-state index contributed by atoms with van der Waals surface area (Å²) in [5, 5.41) is 3.30. The van der Waals surface area contributed by atoms with Gasteiger partial charge in [0.2, 0.25) is 0 Å². The fourth-order valence-electron chi connectivity index (χ4n) is 1.49. The third kappa shape index (κ3) is 24.2. The Morgan fingerprint density at radius 1 is 1.12 bits per heavy atom. The van der Waals surface area contributed by atoms with Crippen molar-refractivity contribution in [3.8, 4) is 0 Å². The normalized spacial score (nSPS) is 14.7. The van der Waals surface area contributed by atoms with Crippen molar-refractivity contribution in [3.63, 3.8) is 0 Å². The molecular formula is C19H44N2OS2. The maximum Gasteiger partial charge on any atom is 0.119 e. The largest absolute Gasteiger partial charge is 0.260 e. The van der Waals surface area contributed by atoms with E-state index in [2.05, 4.69) is 31.7 Å². The minimum Gasteiger partial charge on any atom is -0.260 e. The summed E-state index contributed by atoms with van der Waals surface area (Å²) in [5.41, 5.74) is 0. The second-order valence-corrected chi connectivity index (χ2v) is 6.49. The van der Waals surface area contributed by atoms with Gasteiger partial charge in [-0.25, -0.2) is 8.51 Å². The molecule has 0 aliphatic carbocycles. The first-order valence-corrected chi connectivity index (χ1v) is 11.5. The van der Waals surface area contributed by atoms with Crippen LogP contribution in [0, 0.1) is 5.92 Å². The van der Waals surface area contributed by atoms with E-state index in [4.69, 9.17) is 0 Å². The van der Waals surface area contributed by atoms with Crippen LogP contribution in [0.15, 0.2) is 24.0 Å². The summed E-state index contributed by atoms with van der Waals surface area (Å²) < 4.78 is 16.3. The Kier molecular flexibility index (Phi) is 40.5. The maximum atomic E-state index is 11.2. The standard InChI is InChI=1S/C8H15NOS.C5H11NS.3C2H6/c1-3-11(10)9-6-4-8(2)5-7-9;1-3-5-6-7-4-2;3*1-2/h3,8H,1,4-7H2,2H3;4,6H,2-3,5H2,1H3;3*1-2H3. The molecule has 0 spiro atoms. The highest BCUT2D eigenvalue weighted by Crippen LogP contribution is 2.17. The SMILES string of the molecule is C=CS(=O)N1CCC(C)CC1.C=CSNCCC.CC.CC.CC. The van der Waals surface area contributed by atoms with Crippen LogP contribution in [0.1, 0.15) is 74.7 Å². The number of nitrogens with zero attached hydrogens (tertiary/aromatic N) is 1. The molecule has 1 N–H and O–H groups in total. The lowest BCUT2D eigenvalue weighted by Gasteiger charge is -2.27. The van der Waals surface area contributed by atoms with Crippen LogP contribution in [0.4, 0.5) is 0 Å². The number of rotatable bonds is 6. The zero-order valence-electron chi connectivity index (χ0n) is 17.6. The van der Waals surface area contributed by atoms with Gasteiger partial charge in [-0.05, 0) is 30.6 Å². The van der Waals surface area contributed by atoms with Crippen molar-refractivity contribution < 1.29 is 4.21 Å². The summed E-state index contributed by atoms with van der Waals surface area (Å²) in [6.45, 7) is 26.4. The van der Waals surface area contributed by atoms with Gasteiger partial charge in [-0.15, -0.1) is 0 Å². The summed E-state index contributed by atoms with van der Waals surface area (Å²) >= 11 is 1.55. The third-order valence-corrected chi connectivity index (χ3v) is 4.36. The Morgan fingerprint density at radius 2 is 1.58 bits per heavy atom. The van der Waals surface area contributed by atoms with Crippen LogP contribution in [0.2, 0.25) is 0 Å². The molecule has 1 atom stereocenters. The number of hydrogen-bond donors (Lipinski definition) is 1. The van der Waals surface area contributed by atoms with E-state index in [0.717, 1.165) is 25.6 Å². The van der Waals surface area contributed by atoms with E-state index in [9.17, 15) is 4.21 Å². The van der Waals surface area contributed by atoms with Crippen molar-refractivity contribution >= 4 is 22.9 Å². The Morgan fingerprint density at radius 3 is 1.92 bits per heavy atom. The van der Waals surface area contributed by atoms with E-state index in [1.807, 2.05) is 45.8 Å². The van der Waals surface area contributed by atoms with Crippen LogP contribution in [0.25, 0.3) is 0 Å². The topological polar surface area (TPSA) is 32.3 Å². The van der Waals surface area contributed by atoms with Crippen LogP contribution in [0.5, 0.6) is 0 Å². The lowest BCUT2D eigenvalue weighted by atomic mass is 10.0. The molecule has 1 heterocycles. The average molecular weight is 381 g/mol. The van der Waals surface area contributed by atoms with Gasteiger partial charge in [-0.1, -0.05) is 80.5 Å². The minimum atomic E-state index is -0.931. The molecule has 0 aromatic rings.